The predicted molar refractivity (Wildman–Crippen MR) is 174 cm³/mol. The average molecular weight is 698 g/mol. The first-order chi connectivity index (χ1) is 22.9. The molecule has 1 aliphatic heterocycles. The number of ether oxygens (including phenoxy) is 2. The van der Waals surface area contributed by atoms with E-state index in [0.717, 1.165) is 6.07 Å². The van der Waals surface area contributed by atoms with E-state index in [1.54, 1.807) is 36.1 Å². The number of alkyl halides is 3. The van der Waals surface area contributed by atoms with Gasteiger partial charge in [-0.25, -0.2) is 9.78 Å². The number of aromatic nitrogens is 3. The molecule has 0 amide bonds. The SMILES string of the molecule is Cc1cc(-c2cc(Cl)ccc2OCCn2c(C)nc3cc(C(F)(F)F)c(CN4CCOCC4)c(C#N)c3c2=O)c2scc(C(=O)O)c2n1. The van der Waals surface area contributed by atoms with Crippen molar-refractivity contribution in [2.45, 2.75) is 33.1 Å². The first-order valence-electron chi connectivity index (χ1n) is 14.8. The van der Waals surface area contributed by atoms with Crippen LogP contribution in [0.4, 0.5) is 13.2 Å². The number of rotatable bonds is 8. The van der Waals surface area contributed by atoms with E-state index < -0.39 is 23.3 Å². The van der Waals surface area contributed by atoms with Crippen LogP contribution in [-0.4, -0.2) is 63.4 Å². The summed E-state index contributed by atoms with van der Waals surface area (Å²) in [6.07, 6.45) is -4.77. The van der Waals surface area contributed by atoms with Crippen molar-refractivity contribution in [1.29, 1.82) is 5.26 Å². The van der Waals surface area contributed by atoms with Crippen LogP contribution in [0.5, 0.6) is 5.75 Å². The van der Waals surface area contributed by atoms with E-state index in [4.69, 9.17) is 21.1 Å². The fourth-order valence-corrected chi connectivity index (χ4v) is 7.08. The second-order valence-electron chi connectivity index (χ2n) is 11.2. The van der Waals surface area contributed by atoms with Crippen LogP contribution >= 0.6 is 22.9 Å². The molecular formula is C33H27ClF3N5O5S. The lowest BCUT2D eigenvalue weighted by Gasteiger charge is -2.28. The molecule has 2 aromatic carbocycles. The number of pyridine rings is 1. The minimum Gasteiger partial charge on any atom is -0.491 e. The molecule has 5 aromatic rings. The van der Waals surface area contributed by atoms with E-state index in [1.165, 1.54) is 28.2 Å². The quantitative estimate of drug-likeness (QED) is 0.195. The van der Waals surface area contributed by atoms with Gasteiger partial charge in [-0.15, -0.1) is 11.3 Å². The number of thiophene rings is 1. The highest BCUT2D eigenvalue weighted by Gasteiger charge is 2.37. The van der Waals surface area contributed by atoms with Crippen molar-refractivity contribution in [2.24, 2.45) is 0 Å². The van der Waals surface area contributed by atoms with Gasteiger partial charge in [0, 0.05) is 46.9 Å². The lowest BCUT2D eigenvalue weighted by Crippen LogP contribution is -2.36. The number of aromatic carboxylic acids is 1. The zero-order valence-corrected chi connectivity index (χ0v) is 27.2. The van der Waals surface area contributed by atoms with Crippen LogP contribution in [0.1, 0.15) is 38.6 Å². The first-order valence-corrected chi connectivity index (χ1v) is 16.0. The van der Waals surface area contributed by atoms with E-state index in [1.807, 2.05) is 6.07 Å². The van der Waals surface area contributed by atoms with E-state index in [0.29, 0.717) is 64.1 Å². The number of carbonyl (C=O) groups is 1. The van der Waals surface area contributed by atoms with Gasteiger partial charge in [-0.05, 0) is 49.7 Å². The second kappa shape index (κ2) is 13.2. The largest absolute Gasteiger partial charge is 0.491 e. The highest BCUT2D eigenvalue weighted by molar-refractivity contribution is 7.18. The Morgan fingerprint density at radius 2 is 1.92 bits per heavy atom. The van der Waals surface area contributed by atoms with Crippen molar-refractivity contribution < 1.29 is 32.5 Å². The maximum atomic E-state index is 14.3. The van der Waals surface area contributed by atoms with Gasteiger partial charge in [0.25, 0.3) is 5.56 Å². The Morgan fingerprint density at radius 1 is 1.17 bits per heavy atom. The van der Waals surface area contributed by atoms with Crippen molar-refractivity contribution in [1.82, 2.24) is 19.4 Å². The summed E-state index contributed by atoms with van der Waals surface area (Å²) in [4.78, 5) is 36.2. The zero-order chi connectivity index (χ0) is 34.3. The third-order valence-electron chi connectivity index (χ3n) is 8.13. The molecule has 0 unspecified atom stereocenters. The molecule has 4 heterocycles. The second-order valence-corrected chi connectivity index (χ2v) is 12.5. The van der Waals surface area contributed by atoms with Gasteiger partial charge in [0.2, 0.25) is 0 Å². The van der Waals surface area contributed by atoms with Crippen LogP contribution in [-0.2, 0) is 24.0 Å². The molecule has 1 saturated heterocycles. The summed E-state index contributed by atoms with van der Waals surface area (Å²) in [5.41, 5.74) is -0.234. The van der Waals surface area contributed by atoms with Gasteiger partial charge in [-0.3, -0.25) is 19.2 Å². The number of nitrogens with zero attached hydrogens (tertiary/aromatic N) is 5. The molecule has 10 nitrogen and oxygen atoms in total. The molecule has 0 atom stereocenters. The zero-order valence-electron chi connectivity index (χ0n) is 25.7. The molecule has 0 saturated carbocycles. The van der Waals surface area contributed by atoms with Gasteiger partial charge in [0.05, 0.1) is 57.6 Å². The minimum atomic E-state index is -4.77. The first kappa shape index (κ1) is 33.4. The van der Waals surface area contributed by atoms with Gasteiger partial charge in [0.15, 0.2) is 0 Å². The van der Waals surface area contributed by atoms with Gasteiger partial charge in [-0.1, -0.05) is 11.6 Å². The third-order valence-corrected chi connectivity index (χ3v) is 9.37. The number of aryl methyl sites for hydroxylation is 2. The van der Waals surface area contributed by atoms with Crippen molar-refractivity contribution in [3.63, 3.8) is 0 Å². The van der Waals surface area contributed by atoms with Crippen molar-refractivity contribution >= 4 is 50.0 Å². The number of fused-ring (bicyclic) bond motifs is 2. The number of benzene rings is 2. The molecule has 1 aliphatic rings. The van der Waals surface area contributed by atoms with Crippen LogP contribution in [0, 0.1) is 25.2 Å². The van der Waals surface area contributed by atoms with Crippen LogP contribution in [0.15, 0.2) is 40.5 Å². The molecule has 3 aromatic heterocycles. The highest BCUT2D eigenvalue weighted by Crippen LogP contribution is 2.41. The van der Waals surface area contributed by atoms with E-state index in [2.05, 4.69) is 9.97 Å². The molecule has 0 aliphatic carbocycles. The standard InChI is InChI=1S/C33H27ClF3N5O5S/c1-17-11-21(30-29(39-17)24(16-48-30)32(44)45)20-12-19(34)3-4-27(20)47-10-7-42-18(2)40-26-13-25(33(35,36)37)23(15-41-5-8-46-9-6-41)22(14-38)28(26)31(42)43/h3-4,11-13,16H,5-10,15H2,1-2H3,(H,44,45). The Morgan fingerprint density at radius 3 is 2.60 bits per heavy atom. The summed E-state index contributed by atoms with van der Waals surface area (Å²) in [7, 11) is 0. The summed E-state index contributed by atoms with van der Waals surface area (Å²) in [5.74, 6) is -0.548. The molecule has 0 bridgehead atoms. The van der Waals surface area contributed by atoms with Crippen LogP contribution in [0.25, 0.3) is 32.2 Å². The molecule has 48 heavy (non-hydrogen) atoms. The molecule has 15 heteroatoms. The summed E-state index contributed by atoms with van der Waals surface area (Å²) in [6, 6.07) is 9.50. The molecule has 0 spiro atoms. The molecule has 6 rings (SSSR count). The Hall–Kier alpha value is -4.55. The number of hydrogen-bond acceptors (Lipinski definition) is 9. The summed E-state index contributed by atoms with van der Waals surface area (Å²) < 4.78 is 56.2. The van der Waals surface area contributed by atoms with Crippen molar-refractivity contribution in [3.05, 3.63) is 84.9 Å². The van der Waals surface area contributed by atoms with Crippen molar-refractivity contribution in [2.75, 3.05) is 32.9 Å². The van der Waals surface area contributed by atoms with E-state index >= 15 is 0 Å². The Bertz CT molecular complexity index is 2190. The van der Waals surface area contributed by atoms with Gasteiger partial charge >= 0.3 is 12.1 Å². The number of hydrogen-bond donors (Lipinski definition) is 1. The third kappa shape index (κ3) is 6.34. The van der Waals surface area contributed by atoms with E-state index in [-0.39, 0.29) is 53.1 Å². The van der Waals surface area contributed by atoms with Crippen LogP contribution in [0.3, 0.4) is 0 Å². The smallest absolute Gasteiger partial charge is 0.416 e. The summed E-state index contributed by atoms with van der Waals surface area (Å²) in [5, 5.41) is 21.5. The molecule has 248 valence electrons. The Balaban J connectivity index is 1.37. The van der Waals surface area contributed by atoms with Gasteiger partial charge in [-0.2, -0.15) is 18.4 Å². The van der Waals surface area contributed by atoms with E-state index in [9.17, 15) is 33.1 Å². The number of nitriles is 1. The molecule has 0 radical (unpaired) electrons. The maximum absolute atomic E-state index is 14.3. The Kier molecular flexibility index (Phi) is 9.14. The fraction of sp³-hybridized carbons (Fsp3) is 0.303. The van der Waals surface area contributed by atoms with Gasteiger partial charge in [0.1, 0.15) is 24.3 Å². The van der Waals surface area contributed by atoms with Crippen LogP contribution in [0.2, 0.25) is 5.02 Å². The summed E-state index contributed by atoms with van der Waals surface area (Å²) in [6.45, 7) is 4.46. The normalized spacial score (nSPS) is 14.0. The lowest BCUT2D eigenvalue weighted by molar-refractivity contribution is -0.138. The Labute approximate surface area is 280 Å². The number of morpholine rings is 1. The minimum absolute atomic E-state index is 0.0344. The number of carboxylic acid groups (broad SMARTS) is 1. The monoisotopic (exact) mass is 697 g/mol. The molecule has 1 N–H and O–H groups in total. The topological polar surface area (TPSA) is 131 Å². The predicted octanol–water partition coefficient (Wildman–Crippen LogP) is 6.44. The van der Waals surface area contributed by atoms with Gasteiger partial charge < -0.3 is 14.6 Å². The fourth-order valence-electron chi connectivity index (χ4n) is 5.89. The highest BCUT2D eigenvalue weighted by atomic mass is 35.5. The summed E-state index contributed by atoms with van der Waals surface area (Å²) >= 11 is 7.59. The number of carboxylic acids is 1. The molecular weight excluding hydrogens is 671 g/mol. The van der Waals surface area contributed by atoms with Crippen molar-refractivity contribution in [3.8, 4) is 22.9 Å². The molecule has 1 fully saturated rings. The average Bonchev–Trinajstić information content (AvgIpc) is 3.47. The van der Waals surface area contributed by atoms with Crippen LogP contribution < -0.4 is 10.3 Å². The lowest BCUT2D eigenvalue weighted by atomic mass is 9.96. The number of halogens is 4. The maximum Gasteiger partial charge on any atom is 0.416 e.